The number of rotatable bonds is 7. The van der Waals surface area contributed by atoms with Gasteiger partial charge in [-0.25, -0.2) is 19.2 Å². The molecule has 2 amide bonds. The number of hydrogen-bond donors (Lipinski definition) is 3. The van der Waals surface area contributed by atoms with Gasteiger partial charge in [-0.05, 0) is 36.2 Å². The van der Waals surface area contributed by atoms with Crippen molar-refractivity contribution in [2.75, 3.05) is 6.54 Å². The Bertz CT molecular complexity index is 1120. The Balaban J connectivity index is 1.35. The van der Waals surface area contributed by atoms with Crippen LogP contribution in [-0.2, 0) is 13.5 Å². The van der Waals surface area contributed by atoms with Crippen LogP contribution in [0.3, 0.4) is 0 Å². The molecule has 30 heavy (non-hydrogen) atoms. The molecule has 2 heterocycles. The van der Waals surface area contributed by atoms with E-state index < -0.39 is 6.04 Å². The molecule has 0 aliphatic carbocycles. The van der Waals surface area contributed by atoms with Gasteiger partial charge in [-0.15, -0.1) is 0 Å². The standard InChI is InChI=1S/C22H23FN6O/c1-29-13-12-24-21(29)20(15-6-4-7-16(23)14-15)28-22(30)25-11-5-10-19-26-17-8-2-3-9-18(17)27-19/h2-4,6-9,12-14,20H,5,10-11H2,1H3,(H,26,27)(H2,25,28,30)/t20-/m0/s1. The first-order chi connectivity index (χ1) is 14.6. The molecule has 0 unspecified atom stereocenters. The Labute approximate surface area is 173 Å². The van der Waals surface area contributed by atoms with E-state index in [1.54, 1.807) is 29.1 Å². The zero-order valence-electron chi connectivity index (χ0n) is 16.6. The monoisotopic (exact) mass is 406 g/mol. The average Bonchev–Trinajstić information content (AvgIpc) is 3.35. The number of H-pyrrole nitrogens is 1. The SMILES string of the molecule is Cn1ccnc1[C@@H](NC(=O)NCCCc1nc2ccccc2[nH]1)c1cccc(F)c1. The molecule has 0 radical (unpaired) electrons. The second-order valence-electron chi connectivity index (χ2n) is 7.09. The number of benzene rings is 2. The predicted molar refractivity (Wildman–Crippen MR) is 112 cm³/mol. The van der Waals surface area contributed by atoms with Crippen molar-refractivity contribution in [3.05, 3.63) is 84.0 Å². The third-order valence-electron chi connectivity index (χ3n) is 4.89. The topological polar surface area (TPSA) is 87.6 Å². The number of nitrogens with zero attached hydrogens (tertiary/aromatic N) is 3. The first-order valence-electron chi connectivity index (χ1n) is 9.81. The number of carbonyl (C=O) groups excluding carboxylic acids is 1. The lowest BCUT2D eigenvalue weighted by Crippen LogP contribution is -2.39. The van der Waals surface area contributed by atoms with Crippen LogP contribution in [0.1, 0.15) is 29.7 Å². The number of hydrogen-bond acceptors (Lipinski definition) is 3. The Hall–Kier alpha value is -3.68. The molecular weight excluding hydrogens is 383 g/mol. The Morgan fingerprint density at radius 1 is 1.23 bits per heavy atom. The number of aryl methyl sites for hydroxylation is 2. The fraction of sp³-hybridized carbons (Fsp3) is 0.227. The lowest BCUT2D eigenvalue weighted by atomic mass is 10.1. The number of imidazole rings is 2. The molecule has 4 rings (SSSR count). The van der Waals surface area contributed by atoms with E-state index in [9.17, 15) is 9.18 Å². The van der Waals surface area contributed by atoms with Crippen LogP contribution in [0.15, 0.2) is 60.9 Å². The number of carbonyl (C=O) groups is 1. The highest BCUT2D eigenvalue weighted by Crippen LogP contribution is 2.21. The van der Waals surface area contributed by atoms with Crippen LogP contribution < -0.4 is 10.6 Å². The van der Waals surface area contributed by atoms with Crippen LogP contribution in [0.5, 0.6) is 0 Å². The third kappa shape index (κ3) is 4.48. The van der Waals surface area contributed by atoms with Gasteiger partial charge in [0.15, 0.2) is 0 Å². The minimum absolute atomic E-state index is 0.336. The summed E-state index contributed by atoms with van der Waals surface area (Å²) < 4.78 is 15.5. The number of fused-ring (bicyclic) bond motifs is 1. The summed E-state index contributed by atoms with van der Waals surface area (Å²) in [6.07, 6.45) is 4.89. The van der Waals surface area contributed by atoms with E-state index >= 15 is 0 Å². The number of aromatic nitrogens is 4. The summed E-state index contributed by atoms with van der Waals surface area (Å²) in [5, 5.41) is 5.76. The van der Waals surface area contributed by atoms with Crippen molar-refractivity contribution in [1.82, 2.24) is 30.2 Å². The summed E-state index contributed by atoms with van der Waals surface area (Å²) in [7, 11) is 1.83. The van der Waals surface area contributed by atoms with Crippen LogP contribution in [-0.4, -0.2) is 32.1 Å². The van der Waals surface area contributed by atoms with Crippen LogP contribution >= 0.6 is 0 Å². The molecular formula is C22H23FN6O. The number of para-hydroxylation sites is 2. The summed E-state index contributed by atoms with van der Waals surface area (Å²) in [5.41, 5.74) is 2.57. The lowest BCUT2D eigenvalue weighted by Gasteiger charge is -2.19. The van der Waals surface area contributed by atoms with Gasteiger partial charge in [0.25, 0.3) is 0 Å². The van der Waals surface area contributed by atoms with Crippen molar-refractivity contribution < 1.29 is 9.18 Å². The third-order valence-corrected chi connectivity index (χ3v) is 4.89. The quantitative estimate of drug-likeness (QED) is 0.411. The van der Waals surface area contributed by atoms with E-state index in [4.69, 9.17) is 0 Å². The van der Waals surface area contributed by atoms with Crippen LogP contribution in [0.2, 0.25) is 0 Å². The highest BCUT2D eigenvalue weighted by molar-refractivity contribution is 5.75. The molecule has 8 heteroatoms. The number of aromatic amines is 1. The minimum Gasteiger partial charge on any atom is -0.342 e. The summed E-state index contributed by atoms with van der Waals surface area (Å²) in [4.78, 5) is 24.6. The van der Waals surface area contributed by atoms with E-state index in [2.05, 4.69) is 25.6 Å². The molecule has 1 atom stereocenters. The molecule has 0 bridgehead atoms. The van der Waals surface area contributed by atoms with E-state index in [0.29, 0.717) is 17.9 Å². The van der Waals surface area contributed by atoms with Crippen molar-refractivity contribution in [2.24, 2.45) is 7.05 Å². The summed E-state index contributed by atoms with van der Waals surface area (Å²) in [6.45, 7) is 0.485. The maximum absolute atomic E-state index is 13.7. The van der Waals surface area contributed by atoms with Crippen molar-refractivity contribution >= 4 is 17.1 Å². The fourth-order valence-electron chi connectivity index (χ4n) is 3.40. The normalized spacial score (nSPS) is 12.1. The second-order valence-corrected chi connectivity index (χ2v) is 7.09. The highest BCUT2D eigenvalue weighted by atomic mass is 19.1. The molecule has 0 saturated heterocycles. The number of urea groups is 1. The van der Waals surface area contributed by atoms with Crippen molar-refractivity contribution in [3.8, 4) is 0 Å². The molecule has 3 N–H and O–H groups in total. The highest BCUT2D eigenvalue weighted by Gasteiger charge is 2.21. The molecule has 0 fully saturated rings. The average molecular weight is 406 g/mol. The molecule has 4 aromatic rings. The van der Waals surface area contributed by atoms with Gasteiger partial charge < -0.3 is 20.2 Å². The van der Waals surface area contributed by atoms with Gasteiger partial charge >= 0.3 is 6.03 Å². The molecule has 2 aromatic carbocycles. The van der Waals surface area contributed by atoms with Crippen molar-refractivity contribution in [3.63, 3.8) is 0 Å². The summed E-state index contributed by atoms with van der Waals surface area (Å²) in [5.74, 6) is 1.15. The van der Waals surface area contributed by atoms with Gasteiger partial charge in [0.1, 0.15) is 23.5 Å². The largest absolute Gasteiger partial charge is 0.342 e. The first kappa shape index (κ1) is 19.6. The van der Waals surface area contributed by atoms with Gasteiger partial charge in [-0.2, -0.15) is 0 Å². The lowest BCUT2D eigenvalue weighted by molar-refractivity contribution is 0.238. The molecule has 154 valence electrons. The predicted octanol–water partition coefficient (Wildman–Crippen LogP) is 3.46. The zero-order valence-corrected chi connectivity index (χ0v) is 16.6. The molecule has 0 aliphatic heterocycles. The second kappa shape index (κ2) is 8.77. The van der Waals surface area contributed by atoms with Crippen LogP contribution in [0.4, 0.5) is 9.18 Å². The zero-order chi connectivity index (χ0) is 20.9. The van der Waals surface area contributed by atoms with Gasteiger partial charge in [0.2, 0.25) is 0 Å². The van der Waals surface area contributed by atoms with Gasteiger partial charge in [-0.1, -0.05) is 24.3 Å². The van der Waals surface area contributed by atoms with Gasteiger partial charge in [0, 0.05) is 32.4 Å². The molecule has 7 nitrogen and oxygen atoms in total. The van der Waals surface area contributed by atoms with Gasteiger partial charge in [-0.3, -0.25) is 0 Å². The Morgan fingerprint density at radius 2 is 2.10 bits per heavy atom. The van der Waals surface area contributed by atoms with Crippen LogP contribution in [0, 0.1) is 5.82 Å². The molecule has 2 aromatic heterocycles. The maximum atomic E-state index is 13.7. The molecule has 0 aliphatic rings. The number of nitrogens with one attached hydrogen (secondary N) is 3. The first-order valence-corrected chi connectivity index (χ1v) is 9.81. The molecule has 0 spiro atoms. The Morgan fingerprint density at radius 3 is 2.87 bits per heavy atom. The van der Waals surface area contributed by atoms with E-state index in [1.807, 2.05) is 31.3 Å². The van der Waals surface area contributed by atoms with E-state index in [0.717, 1.165) is 29.7 Å². The fourth-order valence-corrected chi connectivity index (χ4v) is 3.40. The minimum atomic E-state index is -0.559. The summed E-state index contributed by atoms with van der Waals surface area (Å²) >= 11 is 0. The van der Waals surface area contributed by atoms with E-state index in [1.165, 1.54) is 12.1 Å². The smallest absolute Gasteiger partial charge is 0.315 e. The van der Waals surface area contributed by atoms with E-state index in [-0.39, 0.29) is 11.8 Å². The Kier molecular flexibility index (Phi) is 5.74. The van der Waals surface area contributed by atoms with Gasteiger partial charge in [0.05, 0.1) is 11.0 Å². The molecule has 0 saturated carbocycles. The van der Waals surface area contributed by atoms with Crippen molar-refractivity contribution in [1.29, 1.82) is 0 Å². The van der Waals surface area contributed by atoms with Crippen molar-refractivity contribution in [2.45, 2.75) is 18.9 Å². The number of amides is 2. The van der Waals surface area contributed by atoms with Crippen LogP contribution in [0.25, 0.3) is 11.0 Å². The summed E-state index contributed by atoms with van der Waals surface area (Å²) in [6, 6.07) is 13.1. The number of halogens is 1. The maximum Gasteiger partial charge on any atom is 0.315 e.